The van der Waals surface area contributed by atoms with E-state index in [4.69, 9.17) is 5.73 Å². The summed E-state index contributed by atoms with van der Waals surface area (Å²) in [4.78, 5) is 2.69. The maximum atomic E-state index is 6.14. The van der Waals surface area contributed by atoms with E-state index in [1.54, 1.807) is 0 Å². The topological polar surface area (TPSA) is 29.3 Å². The maximum Gasteiger partial charge on any atom is 0.0362 e. The molecular weight excluding hydrogens is 220 g/mol. The number of nitrogens with two attached hydrogens (primary N) is 1. The second-order valence-corrected chi connectivity index (χ2v) is 5.87. The van der Waals surface area contributed by atoms with Crippen LogP contribution in [0.4, 0.5) is 5.69 Å². The zero-order chi connectivity index (χ0) is 12.5. The van der Waals surface area contributed by atoms with E-state index < -0.39 is 0 Å². The first-order valence-electron chi connectivity index (χ1n) is 7.40. The van der Waals surface area contributed by atoms with Gasteiger partial charge < -0.3 is 5.73 Å². The molecule has 1 fully saturated rings. The first-order valence-corrected chi connectivity index (χ1v) is 7.40. The summed E-state index contributed by atoms with van der Waals surface area (Å²) in [5, 5.41) is 0. The Hall–Kier alpha value is -1.02. The second kappa shape index (κ2) is 4.93. The Bertz CT molecular complexity index is 427. The SMILES string of the molecule is CCC1CCCC1N1CCc2cccc(N)c2C1. The molecular formula is C16H24N2. The van der Waals surface area contributed by atoms with Crippen LogP contribution in [0, 0.1) is 5.92 Å². The molecule has 0 amide bonds. The van der Waals surface area contributed by atoms with Crippen molar-refractivity contribution < 1.29 is 0 Å². The van der Waals surface area contributed by atoms with Crippen LogP contribution in [0.15, 0.2) is 18.2 Å². The third-order valence-electron chi connectivity index (χ3n) is 4.95. The summed E-state index contributed by atoms with van der Waals surface area (Å²) in [6.07, 6.45) is 6.73. The van der Waals surface area contributed by atoms with Crippen LogP contribution >= 0.6 is 0 Å². The lowest BCUT2D eigenvalue weighted by molar-refractivity contribution is 0.142. The number of rotatable bonds is 2. The number of fused-ring (bicyclic) bond motifs is 1. The van der Waals surface area contributed by atoms with Crippen LogP contribution in [0.1, 0.15) is 43.7 Å². The Kier molecular flexibility index (Phi) is 3.29. The quantitative estimate of drug-likeness (QED) is 0.809. The molecule has 2 N–H and O–H groups in total. The molecule has 0 bridgehead atoms. The van der Waals surface area contributed by atoms with Crippen LogP contribution in [-0.2, 0) is 13.0 Å². The van der Waals surface area contributed by atoms with Crippen molar-refractivity contribution in [3.8, 4) is 0 Å². The largest absolute Gasteiger partial charge is 0.398 e. The van der Waals surface area contributed by atoms with E-state index in [0.29, 0.717) is 0 Å². The molecule has 3 rings (SSSR count). The molecule has 2 heteroatoms. The van der Waals surface area contributed by atoms with Crippen molar-refractivity contribution in [2.24, 2.45) is 5.92 Å². The van der Waals surface area contributed by atoms with Crippen LogP contribution in [0.3, 0.4) is 0 Å². The molecule has 2 nitrogen and oxygen atoms in total. The van der Waals surface area contributed by atoms with Gasteiger partial charge in [0, 0.05) is 24.8 Å². The van der Waals surface area contributed by atoms with Crippen LogP contribution < -0.4 is 5.73 Å². The van der Waals surface area contributed by atoms with Crippen LogP contribution in [-0.4, -0.2) is 17.5 Å². The smallest absolute Gasteiger partial charge is 0.0362 e. The van der Waals surface area contributed by atoms with E-state index in [1.807, 2.05) is 6.07 Å². The Morgan fingerprint density at radius 2 is 2.22 bits per heavy atom. The normalized spacial score (nSPS) is 28.3. The van der Waals surface area contributed by atoms with Gasteiger partial charge in [-0.25, -0.2) is 0 Å². The molecule has 98 valence electrons. The van der Waals surface area contributed by atoms with Crippen molar-refractivity contribution in [2.45, 2.75) is 51.6 Å². The summed E-state index contributed by atoms with van der Waals surface area (Å²) in [5.41, 5.74) is 10.00. The summed E-state index contributed by atoms with van der Waals surface area (Å²) in [6, 6.07) is 7.19. The Morgan fingerprint density at radius 3 is 3.06 bits per heavy atom. The Balaban J connectivity index is 1.80. The van der Waals surface area contributed by atoms with Gasteiger partial charge in [0.15, 0.2) is 0 Å². The van der Waals surface area contributed by atoms with Crippen LogP contribution in [0.25, 0.3) is 0 Å². The van der Waals surface area contributed by atoms with Crippen molar-refractivity contribution >= 4 is 5.69 Å². The first kappa shape index (κ1) is 12.0. The van der Waals surface area contributed by atoms with E-state index in [2.05, 4.69) is 24.0 Å². The molecule has 0 radical (unpaired) electrons. The van der Waals surface area contributed by atoms with Crippen molar-refractivity contribution in [2.75, 3.05) is 12.3 Å². The lowest BCUT2D eigenvalue weighted by Gasteiger charge is -2.37. The van der Waals surface area contributed by atoms with E-state index in [0.717, 1.165) is 24.2 Å². The van der Waals surface area contributed by atoms with Gasteiger partial charge >= 0.3 is 0 Å². The average Bonchev–Trinajstić information content (AvgIpc) is 2.87. The van der Waals surface area contributed by atoms with Crippen molar-refractivity contribution in [3.05, 3.63) is 29.3 Å². The average molecular weight is 244 g/mol. The zero-order valence-electron chi connectivity index (χ0n) is 11.4. The summed E-state index contributed by atoms with van der Waals surface area (Å²) in [5.74, 6) is 0.913. The predicted molar refractivity (Wildman–Crippen MR) is 76.4 cm³/mol. The van der Waals surface area contributed by atoms with Gasteiger partial charge in [-0.3, -0.25) is 4.90 Å². The third-order valence-corrected chi connectivity index (χ3v) is 4.95. The fraction of sp³-hybridized carbons (Fsp3) is 0.625. The molecule has 1 aliphatic carbocycles. The Labute approximate surface area is 110 Å². The predicted octanol–water partition coefficient (Wildman–Crippen LogP) is 3.21. The summed E-state index contributed by atoms with van der Waals surface area (Å²) < 4.78 is 0. The molecule has 2 aliphatic rings. The van der Waals surface area contributed by atoms with Gasteiger partial charge in [0.05, 0.1) is 0 Å². The lowest BCUT2D eigenvalue weighted by Crippen LogP contribution is -2.41. The highest BCUT2D eigenvalue weighted by molar-refractivity contribution is 5.51. The number of anilines is 1. The van der Waals surface area contributed by atoms with Gasteiger partial charge in [0.1, 0.15) is 0 Å². The fourth-order valence-electron chi connectivity index (χ4n) is 3.89. The van der Waals surface area contributed by atoms with Gasteiger partial charge in [-0.1, -0.05) is 31.9 Å². The molecule has 0 aromatic heterocycles. The van der Waals surface area contributed by atoms with E-state index >= 15 is 0 Å². The van der Waals surface area contributed by atoms with Gasteiger partial charge in [-0.2, -0.15) is 0 Å². The molecule has 1 aliphatic heterocycles. The highest BCUT2D eigenvalue weighted by atomic mass is 15.2. The van der Waals surface area contributed by atoms with Crippen LogP contribution in [0.2, 0.25) is 0 Å². The molecule has 0 saturated heterocycles. The van der Waals surface area contributed by atoms with Gasteiger partial charge in [0.2, 0.25) is 0 Å². The number of benzene rings is 1. The fourth-order valence-corrected chi connectivity index (χ4v) is 3.89. The maximum absolute atomic E-state index is 6.14. The number of hydrogen-bond donors (Lipinski definition) is 1. The minimum Gasteiger partial charge on any atom is -0.398 e. The van der Waals surface area contributed by atoms with Crippen molar-refractivity contribution in [3.63, 3.8) is 0 Å². The van der Waals surface area contributed by atoms with Crippen molar-refractivity contribution in [1.29, 1.82) is 0 Å². The van der Waals surface area contributed by atoms with Crippen molar-refractivity contribution in [1.82, 2.24) is 4.90 Å². The van der Waals surface area contributed by atoms with E-state index in [9.17, 15) is 0 Å². The minimum absolute atomic E-state index is 0.808. The number of nitrogen functional groups attached to an aromatic ring is 1. The molecule has 1 aromatic rings. The molecule has 1 saturated carbocycles. The number of hydrogen-bond acceptors (Lipinski definition) is 2. The summed E-state index contributed by atoms with van der Waals surface area (Å²) in [6.45, 7) is 4.63. The monoisotopic (exact) mass is 244 g/mol. The summed E-state index contributed by atoms with van der Waals surface area (Å²) in [7, 11) is 0. The summed E-state index contributed by atoms with van der Waals surface area (Å²) >= 11 is 0. The minimum atomic E-state index is 0.808. The highest BCUT2D eigenvalue weighted by Gasteiger charge is 2.32. The molecule has 2 unspecified atom stereocenters. The third kappa shape index (κ3) is 2.03. The molecule has 1 heterocycles. The van der Waals surface area contributed by atoms with E-state index in [-0.39, 0.29) is 0 Å². The molecule has 18 heavy (non-hydrogen) atoms. The van der Waals surface area contributed by atoms with Gasteiger partial charge in [0.25, 0.3) is 0 Å². The Morgan fingerprint density at radius 1 is 1.33 bits per heavy atom. The first-order chi connectivity index (χ1) is 8.79. The lowest BCUT2D eigenvalue weighted by atomic mass is 9.93. The standard InChI is InChI=1S/C16H24N2/c1-2-12-5-4-8-16(12)18-10-9-13-6-3-7-15(17)14(13)11-18/h3,6-7,12,16H,2,4-5,8-11,17H2,1H3. The second-order valence-electron chi connectivity index (χ2n) is 5.87. The van der Waals surface area contributed by atoms with Gasteiger partial charge in [-0.15, -0.1) is 0 Å². The molecule has 0 spiro atoms. The van der Waals surface area contributed by atoms with Gasteiger partial charge in [-0.05, 0) is 42.4 Å². The molecule has 2 atom stereocenters. The molecule has 1 aromatic carbocycles. The van der Waals surface area contributed by atoms with E-state index in [1.165, 1.54) is 49.8 Å². The van der Waals surface area contributed by atoms with Crippen LogP contribution in [0.5, 0.6) is 0 Å². The zero-order valence-corrected chi connectivity index (χ0v) is 11.4. The highest BCUT2D eigenvalue weighted by Crippen LogP contribution is 2.35. The number of nitrogens with zero attached hydrogens (tertiary/aromatic N) is 1.